The highest BCUT2D eigenvalue weighted by Crippen LogP contribution is 2.45. The van der Waals surface area contributed by atoms with Crippen LogP contribution in [0.4, 0.5) is 5.69 Å². The lowest BCUT2D eigenvalue weighted by molar-refractivity contribution is 1.07. The number of rotatable bonds is 12. The Morgan fingerprint density at radius 1 is 0.255 bits per heavy atom. The number of nitriles is 2. The predicted molar refractivity (Wildman–Crippen MR) is 399 cm³/mol. The summed E-state index contributed by atoms with van der Waals surface area (Å²) < 4.78 is 4.70. The zero-order chi connectivity index (χ0) is 65.6. The molecule has 0 aliphatic rings. The van der Waals surface area contributed by atoms with E-state index in [2.05, 4.69) is 257 Å². The van der Waals surface area contributed by atoms with Gasteiger partial charge in [-0.05, 0) is 182 Å². The molecule has 3 aromatic heterocycles. The first kappa shape index (κ1) is 58.0. The van der Waals surface area contributed by atoms with Crippen molar-refractivity contribution in [2.24, 2.45) is 0 Å². The van der Waals surface area contributed by atoms with Crippen molar-refractivity contribution >= 4 is 49.3 Å². The van der Waals surface area contributed by atoms with Gasteiger partial charge in [-0.1, -0.05) is 212 Å². The summed E-state index contributed by atoms with van der Waals surface area (Å²) in [7, 11) is 0. The third-order valence-electron chi connectivity index (χ3n) is 18.7. The molecule has 0 aliphatic heterocycles. The molecular weight excluding hydrogens is 1190 g/mol. The van der Waals surface area contributed by atoms with E-state index in [0.717, 1.165) is 150 Å². The largest absolute Gasteiger partial charge is 0.309 e. The molecule has 8 heteroatoms. The molecule has 0 saturated heterocycles. The Labute approximate surface area is 566 Å². The lowest BCUT2D eigenvalue weighted by Gasteiger charge is -2.18. The molecule has 0 atom stereocenters. The van der Waals surface area contributed by atoms with Crippen LogP contribution in [0.3, 0.4) is 0 Å². The van der Waals surface area contributed by atoms with Crippen molar-refractivity contribution < 1.29 is 0 Å². The highest BCUT2D eigenvalue weighted by molar-refractivity contribution is 6.14. The van der Waals surface area contributed by atoms with Crippen LogP contribution in [0.5, 0.6) is 0 Å². The summed E-state index contributed by atoms with van der Waals surface area (Å²) in [5, 5.41) is 24.5. The molecule has 0 aliphatic carbocycles. The normalized spacial score (nSPS) is 11.2. The Morgan fingerprint density at radius 2 is 0.571 bits per heavy atom. The second kappa shape index (κ2) is 24.6. The average Bonchev–Trinajstić information content (AvgIpc) is 1.59. The quantitative estimate of drug-likeness (QED) is 0.113. The van der Waals surface area contributed by atoms with Crippen LogP contribution in [0.1, 0.15) is 11.1 Å². The maximum absolute atomic E-state index is 10.5. The minimum atomic E-state index is 0.444. The van der Waals surface area contributed by atoms with Crippen molar-refractivity contribution in [1.29, 1.82) is 10.5 Å². The number of hydrogen-bond donors (Lipinski definition) is 0. The fraction of sp³-hybridized carbons (Fsp3) is 0. The number of benzene rings is 14. The standard InChI is InChI=1S/C90H54N8/c1-93-75-27-15-26-72(49-75)77-55-74(41-47-83(77)98-86-44-38-69(62-21-10-4-11-22-62)52-80(86)81-53-70(39-45-87(81)98)63-23-12-5-13-24-63)90-95-88(66-34-32-65(33-35-66)64-30-28-58(56-91)29-31-64)94-89(96-90)73-40-46-82(76(54-73)71-25-14-16-59(48-71)57-92)97-84-42-36-67(60-17-6-2-7-18-60)50-78(84)79-51-68(37-43-85(79)97)61-19-8-3-9-20-61/h2-55H. The molecule has 14 aromatic carbocycles. The van der Waals surface area contributed by atoms with E-state index < -0.39 is 0 Å². The molecule has 3 heterocycles. The summed E-state index contributed by atoms with van der Waals surface area (Å²) in [5.74, 6) is 1.35. The van der Waals surface area contributed by atoms with Crippen LogP contribution in [0, 0.1) is 29.2 Å². The van der Waals surface area contributed by atoms with E-state index in [9.17, 15) is 10.5 Å². The first-order valence-corrected chi connectivity index (χ1v) is 32.4. The van der Waals surface area contributed by atoms with Crippen molar-refractivity contribution in [3.05, 3.63) is 350 Å². The number of hydrogen-bond acceptors (Lipinski definition) is 5. The topological polar surface area (TPSA) is 100 Å². The van der Waals surface area contributed by atoms with Crippen LogP contribution in [0.25, 0.3) is 172 Å². The first-order chi connectivity index (χ1) is 48.4. The minimum Gasteiger partial charge on any atom is -0.309 e. The van der Waals surface area contributed by atoms with Gasteiger partial charge in [0.25, 0.3) is 0 Å². The number of nitrogens with zero attached hydrogens (tertiary/aromatic N) is 8. The molecule has 17 rings (SSSR count). The maximum Gasteiger partial charge on any atom is 0.187 e. The summed E-state index contributed by atoms with van der Waals surface area (Å²) in [5.41, 5.74) is 24.3. The molecule has 454 valence electrons. The predicted octanol–water partition coefficient (Wildman–Crippen LogP) is 23.0. The molecule has 0 unspecified atom stereocenters. The highest BCUT2D eigenvalue weighted by Gasteiger charge is 2.24. The molecule has 17 aromatic rings. The third-order valence-corrected chi connectivity index (χ3v) is 18.7. The molecule has 0 amide bonds. The Bertz CT molecular complexity index is 5590. The van der Waals surface area contributed by atoms with Crippen LogP contribution in [-0.4, -0.2) is 24.1 Å². The van der Waals surface area contributed by atoms with Crippen LogP contribution >= 0.6 is 0 Å². The third kappa shape index (κ3) is 10.6. The SMILES string of the molecule is [C-]#[N+]c1cccc(-c2cc(-c3nc(-c4ccc(-c5ccc(C#N)cc5)cc4)nc(-c4ccc(-n5c6ccc(-c7ccccc7)cc6c6cc(-c7ccccc7)ccc65)c(-c5cccc(C#N)c5)c4)n3)ccc2-n2c3ccc(-c4ccccc4)cc3c3cc(-c4ccccc4)ccc32)c1. The van der Waals surface area contributed by atoms with Gasteiger partial charge < -0.3 is 9.13 Å². The smallest absolute Gasteiger partial charge is 0.187 e. The average molecular weight is 1250 g/mol. The zero-order valence-electron chi connectivity index (χ0n) is 52.8. The van der Waals surface area contributed by atoms with Gasteiger partial charge >= 0.3 is 0 Å². The van der Waals surface area contributed by atoms with Gasteiger partial charge in [-0.15, -0.1) is 0 Å². The Morgan fingerprint density at radius 3 is 0.959 bits per heavy atom. The molecule has 0 N–H and O–H groups in total. The van der Waals surface area contributed by atoms with Gasteiger partial charge in [0, 0.05) is 49.4 Å². The minimum absolute atomic E-state index is 0.444. The van der Waals surface area contributed by atoms with E-state index in [0.29, 0.717) is 34.3 Å². The summed E-state index contributed by atoms with van der Waals surface area (Å²) >= 11 is 0. The van der Waals surface area contributed by atoms with Crippen LogP contribution < -0.4 is 0 Å². The molecule has 0 spiro atoms. The lowest BCUT2D eigenvalue weighted by atomic mass is 9.98. The van der Waals surface area contributed by atoms with Crippen LogP contribution in [0.15, 0.2) is 328 Å². The molecular formula is C90H54N8. The van der Waals surface area contributed by atoms with Crippen LogP contribution in [-0.2, 0) is 0 Å². The highest BCUT2D eigenvalue weighted by atomic mass is 15.0. The van der Waals surface area contributed by atoms with Crippen molar-refractivity contribution in [2.75, 3.05) is 0 Å². The molecule has 8 nitrogen and oxygen atoms in total. The van der Waals surface area contributed by atoms with Gasteiger partial charge in [-0.2, -0.15) is 10.5 Å². The first-order valence-electron chi connectivity index (χ1n) is 32.4. The van der Waals surface area contributed by atoms with Gasteiger partial charge in [0.05, 0.1) is 63.3 Å². The van der Waals surface area contributed by atoms with E-state index in [-0.39, 0.29) is 0 Å². The van der Waals surface area contributed by atoms with Crippen molar-refractivity contribution in [3.63, 3.8) is 0 Å². The second-order valence-corrected chi connectivity index (χ2v) is 24.5. The van der Waals surface area contributed by atoms with Crippen LogP contribution in [0.2, 0.25) is 0 Å². The van der Waals surface area contributed by atoms with Gasteiger partial charge in [0.1, 0.15) is 0 Å². The Kier molecular flexibility index (Phi) is 14.5. The lowest BCUT2D eigenvalue weighted by Crippen LogP contribution is -2.03. The van der Waals surface area contributed by atoms with Gasteiger partial charge in [-0.3, -0.25) is 0 Å². The van der Waals surface area contributed by atoms with Crippen molar-refractivity contribution in [2.45, 2.75) is 0 Å². The van der Waals surface area contributed by atoms with E-state index in [1.165, 1.54) is 0 Å². The number of aromatic nitrogens is 5. The zero-order valence-corrected chi connectivity index (χ0v) is 52.8. The van der Waals surface area contributed by atoms with E-state index in [4.69, 9.17) is 21.5 Å². The van der Waals surface area contributed by atoms with Gasteiger partial charge in [-0.25, -0.2) is 19.8 Å². The molecule has 0 bridgehead atoms. The Hall–Kier alpha value is -13.8. The van der Waals surface area contributed by atoms with Gasteiger partial charge in [0.15, 0.2) is 23.2 Å². The fourth-order valence-electron chi connectivity index (χ4n) is 13.8. The summed E-state index contributed by atoms with van der Waals surface area (Å²) in [6.45, 7) is 8.22. The van der Waals surface area contributed by atoms with E-state index in [1.807, 2.05) is 97.1 Å². The summed E-state index contributed by atoms with van der Waals surface area (Å²) in [6.07, 6.45) is 0. The fourth-order valence-corrected chi connectivity index (χ4v) is 13.8. The maximum atomic E-state index is 10.5. The molecule has 0 radical (unpaired) electrons. The van der Waals surface area contributed by atoms with Crippen molar-refractivity contribution in [1.82, 2.24) is 24.1 Å². The Balaban J connectivity index is 0.879. The van der Waals surface area contributed by atoms with Gasteiger partial charge in [0.2, 0.25) is 0 Å². The van der Waals surface area contributed by atoms with Crippen molar-refractivity contribution in [3.8, 4) is 136 Å². The summed E-state index contributed by atoms with van der Waals surface area (Å²) in [6, 6.07) is 118. The monoisotopic (exact) mass is 1250 g/mol. The summed E-state index contributed by atoms with van der Waals surface area (Å²) in [4.78, 5) is 20.2. The molecule has 98 heavy (non-hydrogen) atoms. The molecule has 0 fully saturated rings. The van der Waals surface area contributed by atoms with E-state index in [1.54, 1.807) is 0 Å². The van der Waals surface area contributed by atoms with E-state index >= 15 is 0 Å². The molecule has 0 saturated carbocycles. The number of fused-ring (bicyclic) bond motifs is 6. The second-order valence-electron chi connectivity index (χ2n) is 24.5.